The number of aryl methyl sites for hydroxylation is 1. The van der Waals surface area contributed by atoms with Crippen molar-refractivity contribution < 1.29 is 0 Å². The molecule has 2 nitrogen and oxygen atoms in total. The van der Waals surface area contributed by atoms with E-state index in [1.807, 2.05) is 24.4 Å². The largest absolute Gasteiger partial charge is 0.357 e. The number of halogens is 1. The number of hydrogen-bond acceptors (Lipinski definition) is 4. The van der Waals surface area contributed by atoms with Gasteiger partial charge < -0.3 is 5.32 Å². The fourth-order valence-corrected chi connectivity index (χ4v) is 2.76. The summed E-state index contributed by atoms with van der Waals surface area (Å²) in [4.78, 5) is 5.54. The Bertz CT molecular complexity index is 382. The second-order valence-electron chi connectivity index (χ2n) is 2.85. The molecule has 2 aromatic rings. The first-order chi connectivity index (χ1) is 6.74. The third-order valence-electron chi connectivity index (χ3n) is 1.66. The molecular formula is C9H9ClN2S2. The van der Waals surface area contributed by atoms with Gasteiger partial charge in [0.1, 0.15) is 0 Å². The van der Waals surface area contributed by atoms with Crippen LogP contribution in [0.4, 0.5) is 5.13 Å². The summed E-state index contributed by atoms with van der Waals surface area (Å²) in [5.41, 5.74) is 1.06. The van der Waals surface area contributed by atoms with Crippen LogP contribution < -0.4 is 5.32 Å². The molecule has 0 radical (unpaired) electrons. The lowest BCUT2D eigenvalue weighted by atomic mass is 10.5. The summed E-state index contributed by atoms with van der Waals surface area (Å²) in [6.45, 7) is 2.79. The SMILES string of the molecule is Cc1csc(NCc2ccc(Cl)s2)n1. The molecule has 14 heavy (non-hydrogen) atoms. The zero-order valence-electron chi connectivity index (χ0n) is 7.58. The molecular weight excluding hydrogens is 236 g/mol. The Hall–Kier alpha value is -0.580. The Labute approximate surface area is 95.6 Å². The lowest BCUT2D eigenvalue weighted by Crippen LogP contribution is -1.96. The van der Waals surface area contributed by atoms with Gasteiger partial charge in [0, 0.05) is 10.3 Å². The number of rotatable bonds is 3. The molecule has 0 amide bonds. The Morgan fingerprint density at radius 1 is 1.50 bits per heavy atom. The van der Waals surface area contributed by atoms with Gasteiger partial charge in [0.05, 0.1) is 16.6 Å². The van der Waals surface area contributed by atoms with Gasteiger partial charge in [-0.15, -0.1) is 22.7 Å². The number of anilines is 1. The predicted molar refractivity (Wildman–Crippen MR) is 63.5 cm³/mol. The van der Waals surface area contributed by atoms with Crippen LogP contribution in [0, 0.1) is 6.92 Å². The topological polar surface area (TPSA) is 24.9 Å². The van der Waals surface area contributed by atoms with Crippen LogP contribution in [-0.4, -0.2) is 4.98 Å². The van der Waals surface area contributed by atoms with E-state index in [4.69, 9.17) is 11.6 Å². The molecule has 74 valence electrons. The van der Waals surface area contributed by atoms with Crippen LogP contribution in [0.2, 0.25) is 4.34 Å². The number of nitrogens with one attached hydrogen (secondary N) is 1. The molecule has 0 unspecified atom stereocenters. The average molecular weight is 245 g/mol. The van der Waals surface area contributed by atoms with Gasteiger partial charge in [-0.25, -0.2) is 4.98 Å². The Balaban J connectivity index is 1.94. The van der Waals surface area contributed by atoms with Crippen molar-refractivity contribution in [3.63, 3.8) is 0 Å². The Kier molecular flexibility index (Phi) is 3.05. The van der Waals surface area contributed by atoms with Gasteiger partial charge in [-0.2, -0.15) is 0 Å². The molecule has 1 N–H and O–H groups in total. The number of thiazole rings is 1. The highest BCUT2D eigenvalue weighted by atomic mass is 35.5. The quantitative estimate of drug-likeness (QED) is 0.889. The van der Waals surface area contributed by atoms with E-state index >= 15 is 0 Å². The van der Waals surface area contributed by atoms with E-state index in [1.54, 1.807) is 22.7 Å². The first-order valence-electron chi connectivity index (χ1n) is 4.14. The van der Waals surface area contributed by atoms with Crippen LogP contribution in [0.1, 0.15) is 10.6 Å². The Morgan fingerprint density at radius 3 is 2.93 bits per heavy atom. The second-order valence-corrected chi connectivity index (χ2v) is 5.51. The molecule has 0 aliphatic rings. The number of hydrogen-bond donors (Lipinski definition) is 1. The molecule has 0 fully saturated rings. The normalized spacial score (nSPS) is 10.4. The van der Waals surface area contributed by atoms with Crippen molar-refractivity contribution in [2.45, 2.75) is 13.5 Å². The van der Waals surface area contributed by atoms with E-state index in [-0.39, 0.29) is 0 Å². The molecule has 0 spiro atoms. The second kappa shape index (κ2) is 4.29. The van der Waals surface area contributed by atoms with E-state index in [2.05, 4.69) is 10.3 Å². The van der Waals surface area contributed by atoms with E-state index in [9.17, 15) is 0 Å². The van der Waals surface area contributed by atoms with Crippen LogP contribution in [0.5, 0.6) is 0 Å². The zero-order valence-corrected chi connectivity index (χ0v) is 9.97. The van der Waals surface area contributed by atoms with Crippen molar-refractivity contribution in [2.75, 3.05) is 5.32 Å². The molecule has 0 atom stereocenters. The zero-order chi connectivity index (χ0) is 9.97. The van der Waals surface area contributed by atoms with Gasteiger partial charge in [0.15, 0.2) is 5.13 Å². The minimum Gasteiger partial charge on any atom is -0.357 e. The van der Waals surface area contributed by atoms with E-state index in [0.717, 1.165) is 21.7 Å². The van der Waals surface area contributed by atoms with Gasteiger partial charge in [0.25, 0.3) is 0 Å². The maximum atomic E-state index is 5.82. The summed E-state index contributed by atoms with van der Waals surface area (Å²) in [5.74, 6) is 0. The summed E-state index contributed by atoms with van der Waals surface area (Å²) in [6, 6.07) is 3.94. The van der Waals surface area contributed by atoms with Crippen LogP contribution in [-0.2, 0) is 6.54 Å². The van der Waals surface area contributed by atoms with Crippen LogP contribution in [0.25, 0.3) is 0 Å². The van der Waals surface area contributed by atoms with Crippen molar-refractivity contribution in [1.29, 1.82) is 0 Å². The van der Waals surface area contributed by atoms with Crippen LogP contribution in [0.3, 0.4) is 0 Å². The third kappa shape index (κ3) is 2.47. The predicted octanol–water partition coefficient (Wildman–Crippen LogP) is 3.78. The monoisotopic (exact) mass is 244 g/mol. The van der Waals surface area contributed by atoms with Crippen LogP contribution >= 0.6 is 34.3 Å². The molecule has 0 aliphatic heterocycles. The molecule has 2 heterocycles. The molecule has 0 aromatic carbocycles. The fraction of sp³-hybridized carbons (Fsp3) is 0.222. The lowest BCUT2D eigenvalue weighted by molar-refractivity contribution is 1.15. The maximum Gasteiger partial charge on any atom is 0.183 e. The minimum absolute atomic E-state index is 0.796. The van der Waals surface area contributed by atoms with E-state index < -0.39 is 0 Å². The minimum atomic E-state index is 0.796. The first-order valence-corrected chi connectivity index (χ1v) is 6.21. The summed E-state index contributed by atoms with van der Waals surface area (Å²) in [6.07, 6.45) is 0. The maximum absolute atomic E-state index is 5.82. The van der Waals surface area contributed by atoms with Gasteiger partial charge in [-0.1, -0.05) is 11.6 Å². The van der Waals surface area contributed by atoms with Crippen molar-refractivity contribution in [3.8, 4) is 0 Å². The van der Waals surface area contributed by atoms with Gasteiger partial charge in [-0.3, -0.25) is 0 Å². The van der Waals surface area contributed by atoms with E-state index in [0.29, 0.717) is 0 Å². The molecule has 0 bridgehead atoms. The highest BCUT2D eigenvalue weighted by molar-refractivity contribution is 7.16. The smallest absolute Gasteiger partial charge is 0.183 e. The van der Waals surface area contributed by atoms with Gasteiger partial charge in [-0.05, 0) is 19.1 Å². The molecule has 0 aliphatic carbocycles. The highest BCUT2D eigenvalue weighted by Crippen LogP contribution is 2.23. The first kappa shape index (κ1) is 9.96. The average Bonchev–Trinajstić information content (AvgIpc) is 2.72. The van der Waals surface area contributed by atoms with E-state index in [1.165, 1.54) is 4.88 Å². The highest BCUT2D eigenvalue weighted by Gasteiger charge is 2.00. The summed E-state index contributed by atoms with van der Waals surface area (Å²) >= 11 is 9.04. The Morgan fingerprint density at radius 2 is 2.36 bits per heavy atom. The van der Waals surface area contributed by atoms with Crippen molar-refractivity contribution in [3.05, 3.63) is 32.4 Å². The van der Waals surface area contributed by atoms with Crippen molar-refractivity contribution in [2.24, 2.45) is 0 Å². The third-order valence-corrected chi connectivity index (χ3v) is 3.81. The van der Waals surface area contributed by atoms with Gasteiger partial charge in [0.2, 0.25) is 0 Å². The van der Waals surface area contributed by atoms with Gasteiger partial charge >= 0.3 is 0 Å². The molecule has 2 rings (SSSR count). The lowest BCUT2D eigenvalue weighted by Gasteiger charge is -1.98. The molecule has 5 heteroatoms. The summed E-state index contributed by atoms with van der Waals surface area (Å²) in [7, 11) is 0. The molecule has 0 saturated heterocycles. The number of aromatic nitrogens is 1. The molecule has 2 aromatic heterocycles. The molecule has 0 saturated carbocycles. The van der Waals surface area contributed by atoms with Crippen molar-refractivity contribution >= 4 is 39.4 Å². The number of thiophene rings is 1. The fourth-order valence-electron chi connectivity index (χ4n) is 1.04. The number of nitrogens with zero attached hydrogens (tertiary/aromatic N) is 1. The summed E-state index contributed by atoms with van der Waals surface area (Å²) < 4.78 is 0.831. The summed E-state index contributed by atoms with van der Waals surface area (Å²) in [5, 5.41) is 6.25. The van der Waals surface area contributed by atoms with Crippen LogP contribution in [0.15, 0.2) is 17.5 Å². The van der Waals surface area contributed by atoms with Crippen molar-refractivity contribution in [1.82, 2.24) is 4.98 Å². The standard InChI is InChI=1S/C9H9ClN2S2/c1-6-5-13-9(12-6)11-4-7-2-3-8(10)14-7/h2-3,5H,4H2,1H3,(H,11,12).